The molecule has 0 aliphatic carbocycles. The summed E-state index contributed by atoms with van der Waals surface area (Å²) in [5.74, 6) is -0.402. The molecule has 1 amide bonds. The molecule has 1 fully saturated rings. The Kier molecular flexibility index (Phi) is 3.38. The molecule has 3 N–H and O–H groups in total. The molecule has 0 radical (unpaired) electrons. The zero-order valence-electron chi connectivity index (χ0n) is 12.6. The second-order valence-corrected chi connectivity index (χ2v) is 5.89. The van der Waals surface area contributed by atoms with Gasteiger partial charge in [-0.05, 0) is 36.3 Å². The summed E-state index contributed by atoms with van der Waals surface area (Å²) in [6.07, 6.45) is 8.57. The van der Waals surface area contributed by atoms with Crippen LogP contribution in [0.25, 0.3) is 11.0 Å². The third kappa shape index (κ3) is 2.51. The first kappa shape index (κ1) is 14.0. The van der Waals surface area contributed by atoms with Crippen molar-refractivity contribution >= 4 is 16.9 Å². The summed E-state index contributed by atoms with van der Waals surface area (Å²) in [7, 11) is 0. The second kappa shape index (κ2) is 5.55. The lowest BCUT2D eigenvalue weighted by Gasteiger charge is -2.38. The van der Waals surface area contributed by atoms with Crippen molar-refractivity contribution in [3.8, 4) is 0 Å². The maximum absolute atomic E-state index is 11.9. The molecule has 2 aliphatic rings. The van der Waals surface area contributed by atoms with Crippen molar-refractivity contribution in [3.63, 3.8) is 0 Å². The topological polar surface area (TPSA) is 84.2 Å². The van der Waals surface area contributed by atoms with Crippen LogP contribution in [-0.4, -0.2) is 40.0 Å². The number of aromatic nitrogens is 2. The van der Waals surface area contributed by atoms with Crippen LogP contribution in [0.4, 0.5) is 0 Å². The minimum atomic E-state index is -0.402. The summed E-state index contributed by atoms with van der Waals surface area (Å²) >= 11 is 0. The lowest BCUT2D eigenvalue weighted by atomic mass is 9.93. The molecule has 2 atom stereocenters. The number of nitrogens with zero attached hydrogens (tertiary/aromatic N) is 2. The molecule has 0 bridgehead atoms. The number of fused-ring (bicyclic) bond motifs is 1. The summed E-state index contributed by atoms with van der Waals surface area (Å²) in [6, 6.07) is 5.78. The monoisotopic (exact) mass is 310 g/mol. The number of imidazole rings is 1. The number of hydrogen-bond acceptors (Lipinski definition) is 4. The van der Waals surface area contributed by atoms with E-state index in [1.165, 1.54) is 0 Å². The van der Waals surface area contributed by atoms with Gasteiger partial charge >= 0.3 is 0 Å². The number of carbonyl (C=O) groups is 1. The second-order valence-electron chi connectivity index (χ2n) is 5.89. The van der Waals surface area contributed by atoms with Gasteiger partial charge in [-0.25, -0.2) is 4.98 Å². The number of hydrogen-bond donors (Lipinski definition) is 2. The molecule has 2 aliphatic heterocycles. The van der Waals surface area contributed by atoms with Crippen LogP contribution in [0.15, 0.2) is 48.5 Å². The first-order chi connectivity index (χ1) is 11.2. The highest BCUT2D eigenvalue weighted by atomic mass is 16.5. The number of benzene rings is 1. The van der Waals surface area contributed by atoms with E-state index in [9.17, 15) is 4.79 Å². The lowest BCUT2D eigenvalue weighted by molar-refractivity contribution is -0.115. The van der Waals surface area contributed by atoms with Gasteiger partial charge in [0.05, 0.1) is 29.5 Å². The van der Waals surface area contributed by atoms with Crippen molar-refractivity contribution in [2.45, 2.75) is 18.6 Å². The van der Waals surface area contributed by atoms with Gasteiger partial charge in [-0.1, -0.05) is 6.07 Å². The van der Waals surface area contributed by atoms with Crippen LogP contribution in [0.3, 0.4) is 0 Å². The standard InChI is InChI=1S/C17H18N4O2/c18-17(22)13-2-1-6-21(9-12-5-7-23-12)16(13)11-3-4-14-15(8-11)20-10-19-14/h1-4,6,8,10,12,16H,5,7,9H2,(H2,18,22)(H,19,20)/t12-,16?/m0/s1. The Morgan fingerprint density at radius 3 is 3.09 bits per heavy atom. The van der Waals surface area contributed by atoms with E-state index in [-0.39, 0.29) is 12.1 Å². The molecule has 4 rings (SSSR count). The number of primary amides is 1. The molecule has 2 aromatic rings. The van der Waals surface area contributed by atoms with Gasteiger partial charge in [-0.2, -0.15) is 0 Å². The van der Waals surface area contributed by atoms with Crippen molar-refractivity contribution in [1.29, 1.82) is 0 Å². The zero-order valence-corrected chi connectivity index (χ0v) is 12.6. The normalized spacial score (nSPS) is 23.7. The molecule has 0 spiro atoms. The minimum Gasteiger partial charge on any atom is -0.376 e. The number of aromatic amines is 1. The molecule has 1 unspecified atom stereocenters. The van der Waals surface area contributed by atoms with Gasteiger partial charge in [0.15, 0.2) is 0 Å². The number of amides is 1. The Morgan fingerprint density at radius 2 is 2.35 bits per heavy atom. The van der Waals surface area contributed by atoms with Gasteiger partial charge < -0.3 is 20.4 Å². The van der Waals surface area contributed by atoms with Crippen LogP contribution in [0.1, 0.15) is 18.0 Å². The molecule has 3 heterocycles. The Labute approximate surface area is 133 Å². The number of nitrogens with one attached hydrogen (secondary N) is 1. The van der Waals surface area contributed by atoms with Gasteiger partial charge in [-0.3, -0.25) is 4.79 Å². The van der Waals surface area contributed by atoms with E-state index in [0.717, 1.165) is 36.2 Å². The summed E-state index contributed by atoms with van der Waals surface area (Å²) in [4.78, 5) is 21.4. The van der Waals surface area contributed by atoms with E-state index in [4.69, 9.17) is 10.5 Å². The quantitative estimate of drug-likeness (QED) is 0.899. The molecular weight excluding hydrogens is 292 g/mol. The fourth-order valence-electron chi connectivity index (χ4n) is 3.15. The average molecular weight is 310 g/mol. The molecule has 0 saturated carbocycles. The van der Waals surface area contributed by atoms with Gasteiger partial charge in [0.2, 0.25) is 5.91 Å². The van der Waals surface area contributed by atoms with E-state index in [1.54, 1.807) is 12.4 Å². The third-order valence-electron chi connectivity index (χ3n) is 4.43. The Bertz CT molecular complexity index is 804. The summed E-state index contributed by atoms with van der Waals surface area (Å²) in [5, 5.41) is 0. The van der Waals surface area contributed by atoms with Gasteiger partial charge in [0.25, 0.3) is 0 Å². The van der Waals surface area contributed by atoms with Crippen molar-refractivity contribution < 1.29 is 9.53 Å². The Balaban J connectivity index is 1.72. The van der Waals surface area contributed by atoms with E-state index in [2.05, 4.69) is 14.9 Å². The zero-order chi connectivity index (χ0) is 15.8. The highest BCUT2D eigenvalue weighted by molar-refractivity contribution is 5.94. The molecule has 23 heavy (non-hydrogen) atoms. The van der Waals surface area contributed by atoms with Crippen LogP contribution < -0.4 is 5.73 Å². The maximum atomic E-state index is 11.9. The number of allylic oxidation sites excluding steroid dienone is 2. The van der Waals surface area contributed by atoms with Crippen LogP contribution in [0, 0.1) is 0 Å². The average Bonchev–Trinajstić information content (AvgIpc) is 2.98. The maximum Gasteiger partial charge on any atom is 0.247 e. The summed E-state index contributed by atoms with van der Waals surface area (Å²) in [6.45, 7) is 1.55. The van der Waals surface area contributed by atoms with Crippen LogP contribution in [-0.2, 0) is 9.53 Å². The smallest absolute Gasteiger partial charge is 0.247 e. The molecule has 118 valence electrons. The van der Waals surface area contributed by atoms with E-state index in [0.29, 0.717) is 5.57 Å². The van der Waals surface area contributed by atoms with Crippen LogP contribution in [0.2, 0.25) is 0 Å². The molecule has 1 aromatic carbocycles. The van der Waals surface area contributed by atoms with Gasteiger partial charge in [0, 0.05) is 24.9 Å². The Hall–Kier alpha value is -2.60. The fourth-order valence-corrected chi connectivity index (χ4v) is 3.15. The van der Waals surface area contributed by atoms with E-state index in [1.807, 2.05) is 30.5 Å². The van der Waals surface area contributed by atoms with Crippen LogP contribution in [0.5, 0.6) is 0 Å². The van der Waals surface area contributed by atoms with Crippen molar-refractivity contribution in [1.82, 2.24) is 14.9 Å². The lowest BCUT2D eigenvalue weighted by Crippen LogP contribution is -2.41. The largest absolute Gasteiger partial charge is 0.376 e. The minimum absolute atomic E-state index is 0.206. The third-order valence-corrected chi connectivity index (χ3v) is 4.43. The SMILES string of the molecule is NC(=O)C1=CC=CN(C[C@@H]2CCO2)C1c1ccc2[nH]cnc2c1. The Morgan fingerprint density at radius 1 is 1.48 bits per heavy atom. The first-order valence-corrected chi connectivity index (χ1v) is 7.71. The van der Waals surface area contributed by atoms with Gasteiger partial charge in [0.1, 0.15) is 0 Å². The van der Waals surface area contributed by atoms with Crippen LogP contribution >= 0.6 is 0 Å². The molecule has 6 heteroatoms. The highest BCUT2D eigenvalue weighted by Crippen LogP contribution is 2.34. The number of nitrogens with two attached hydrogens (primary N) is 1. The number of rotatable bonds is 4. The van der Waals surface area contributed by atoms with Crippen molar-refractivity contribution in [2.24, 2.45) is 5.73 Å². The summed E-state index contributed by atoms with van der Waals surface area (Å²) < 4.78 is 5.54. The van der Waals surface area contributed by atoms with E-state index < -0.39 is 5.91 Å². The molecular formula is C17H18N4O2. The van der Waals surface area contributed by atoms with E-state index >= 15 is 0 Å². The number of carbonyl (C=O) groups excluding carboxylic acids is 1. The fraction of sp³-hybridized carbons (Fsp3) is 0.294. The predicted molar refractivity (Wildman–Crippen MR) is 86.3 cm³/mol. The predicted octanol–water partition coefficient (Wildman–Crippen LogP) is 1.63. The first-order valence-electron chi connectivity index (χ1n) is 7.71. The van der Waals surface area contributed by atoms with Crippen molar-refractivity contribution in [3.05, 3.63) is 54.0 Å². The summed E-state index contributed by atoms with van der Waals surface area (Å²) in [5.41, 5.74) is 9.04. The van der Waals surface area contributed by atoms with Crippen molar-refractivity contribution in [2.75, 3.05) is 13.2 Å². The number of ether oxygens (including phenoxy) is 1. The van der Waals surface area contributed by atoms with Gasteiger partial charge in [-0.15, -0.1) is 0 Å². The molecule has 1 saturated heterocycles. The number of H-pyrrole nitrogens is 1. The highest BCUT2D eigenvalue weighted by Gasteiger charge is 2.31. The molecule has 6 nitrogen and oxygen atoms in total. The molecule has 1 aromatic heterocycles.